The van der Waals surface area contributed by atoms with E-state index in [1.54, 1.807) is 0 Å². The number of hydrogen-bond donors (Lipinski definition) is 0. The van der Waals surface area contributed by atoms with Crippen molar-refractivity contribution in [2.24, 2.45) is 0 Å². The molecule has 0 aliphatic carbocycles. The minimum Gasteiger partial charge on any atom is -0.357 e. The van der Waals surface area contributed by atoms with E-state index in [1.165, 1.54) is 31.5 Å². The van der Waals surface area contributed by atoms with Crippen molar-refractivity contribution < 1.29 is 4.74 Å². The summed E-state index contributed by atoms with van der Waals surface area (Å²) in [6.45, 7) is 8.30. The van der Waals surface area contributed by atoms with Crippen LogP contribution in [0.2, 0.25) is 0 Å². The lowest BCUT2D eigenvalue weighted by atomic mass is 10.1. The molecule has 4 heterocycles. The fraction of sp³-hybridized carbons (Fsp3) is 0.636. The first-order valence-electron chi connectivity index (χ1n) is 10.8. The second kappa shape index (κ2) is 9.63. The highest BCUT2D eigenvalue weighted by Gasteiger charge is 2.26. The number of aromatic nitrogens is 3. The summed E-state index contributed by atoms with van der Waals surface area (Å²) in [4.78, 5) is 9.73. The van der Waals surface area contributed by atoms with E-state index in [4.69, 9.17) is 4.74 Å². The van der Waals surface area contributed by atoms with Crippen molar-refractivity contribution in [2.75, 3.05) is 26.2 Å². The van der Waals surface area contributed by atoms with Crippen LogP contribution in [-0.2, 0) is 17.8 Å². The molecule has 152 valence electrons. The van der Waals surface area contributed by atoms with Crippen molar-refractivity contribution in [1.29, 1.82) is 0 Å². The molecule has 0 radical (unpaired) electrons. The highest BCUT2D eigenvalue weighted by atomic mass is 16.5. The molecule has 2 saturated heterocycles. The second-order valence-corrected chi connectivity index (χ2v) is 8.00. The predicted octanol–water partition coefficient (Wildman–Crippen LogP) is 3.46. The first-order chi connectivity index (χ1) is 13.8. The minimum absolute atomic E-state index is 0.0917. The van der Waals surface area contributed by atoms with Gasteiger partial charge in [0, 0.05) is 44.7 Å². The van der Waals surface area contributed by atoms with E-state index >= 15 is 0 Å². The fourth-order valence-electron chi connectivity index (χ4n) is 4.59. The normalized spacial score (nSPS) is 23.5. The van der Waals surface area contributed by atoms with Gasteiger partial charge in [0.2, 0.25) is 0 Å². The van der Waals surface area contributed by atoms with Crippen LogP contribution < -0.4 is 0 Å². The van der Waals surface area contributed by atoms with Crippen LogP contribution in [0.1, 0.15) is 56.6 Å². The van der Waals surface area contributed by atoms with E-state index in [1.807, 2.05) is 18.5 Å². The van der Waals surface area contributed by atoms with Gasteiger partial charge in [-0.1, -0.05) is 13.0 Å². The van der Waals surface area contributed by atoms with Gasteiger partial charge >= 0.3 is 0 Å². The van der Waals surface area contributed by atoms with E-state index in [-0.39, 0.29) is 6.23 Å². The molecule has 0 N–H and O–H groups in total. The Balaban J connectivity index is 1.49. The fourth-order valence-corrected chi connectivity index (χ4v) is 4.59. The summed E-state index contributed by atoms with van der Waals surface area (Å²) in [5, 5.41) is 4.60. The lowest BCUT2D eigenvalue weighted by molar-refractivity contribution is -0.0422. The highest BCUT2D eigenvalue weighted by molar-refractivity contribution is 5.06. The number of rotatable bonds is 8. The van der Waals surface area contributed by atoms with Gasteiger partial charge in [-0.15, -0.1) is 0 Å². The summed E-state index contributed by atoms with van der Waals surface area (Å²) in [6.07, 6.45) is 9.93. The number of nitrogens with zero attached hydrogens (tertiary/aromatic N) is 5. The van der Waals surface area contributed by atoms with Gasteiger partial charge in [-0.2, -0.15) is 5.10 Å². The van der Waals surface area contributed by atoms with E-state index in [2.05, 4.69) is 49.7 Å². The van der Waals surface area contributed by atoms with E-state index in [9.17, 15) is 0 Å². The first-order valence-corrected chi connectivity index (χ1v) is 10.8. The van der Waals surface area contributed by atoms with Gasteiger partial charge in [-0.05, 0) is 63.4 Å². The largest absolute Gasteiger partial charge is 0.357 e. The number of likely N-dealkylation sites (N-methyl/N-ethyl adjacent to an activating group) is 1. The third-order valence-electron chi connectivity index (χ3n) is 6.05. The molecule has 0 bridgehead atoms. The van der Waals surface area contributed by atoms with Gasteiger partial charge in [-0.3, -0.25) is 14.8 Å². The van der Waals surface area contributed by atoms with Gasteiger partial charge in [-0.25, -0.2) is 4.68 Å². The lowest BCUT2D eigenvalue weighted by Crippen LogP contribution is -2.40. The second-order valence-electron chi connectivity index (χ2n) is 8.00. The molecule has 0 aromatic carbocycles. The van der Waals surface area contributed by atoms with Gasteiger partial charge in [0.05, 0.1) is 11.4 Å². The molecule has 2 aromatic rings. The number of likely N-dealkylation sites (tertiary alicyclic amines) is 1. The molecule has 6 heteroatoms. The molecule has 2 atom stereocenters. The highest BCUT2D eigenvalue weighted by Crippen LogP contribution is 2.25. The molecule has 0 unspecified atom stereocenters. The zero-order chi connectivity index (χ0) is 19.2. The average Bonchev–Trinajstić information content (AvgIpc) is 3.38. The third kappa shape index (κ3) is 4.80. The van der Waals surface area contributed by atoms with Crippen molar-refractivity contribution in [1.82, 2.24) is 24.6 Å². The minimum atomic E-state index is 0.0917. The molecule has 0 spiro atoms. The quantitative estimate of drug-likeness (QED) is 0.699. The molecule has 6 nitrogen and oxygen atoms in total. The SMILES string of the molecule is CCN1CCC[C@@H]1CN(Cc1ccccn1)Cc1ccnn1[C@@H]1CCCCO1. The van der Waals surface area contributed by atoms with Gasteiger partial charge in [0.15, 0.2) is 6.23 Å². The summed E-state index contributed by atoms with van der Waals surface area (Å²) in [5.74, 6) is 0. The van der Waals surface area contributed by atoms with Crippen molar-refractivity contribution in [2.45, 2.75) is 64.4 Å². The van der Waals surface area contributed by atoms with Crippen molar-refractivity contribution >= 4 is 0 Å². The monoisotopic (exact) mass is 383 g/mol. The molecule has 0 amide bonds. The summed E-state index contributed by atoms with van der Waals surface area (Å²) >= 11 is 0. The molecule has 2 aromatic heterocycles. The van der Waals surface area contributed by atoms with Crippen LogP contribution in [0.3, 0.4) is 0 Å². The summed E-state index contributed by atoms with van der Waals surface area (Å²) in [7, 11) is 0. The Morgan fingerprint density at radius 1 is 1.11 bits per heavy atom. The van der Waals surface area contributed by atoms with Crippen LogP contribution >= 0.6 is 0 Å². The van der Waals surface area contributed by atoms with Crippen molar-refractivity contribution in [3.8, 4) is 0 Å². The van der Waals surface area contributed by atoms with E-state index in [0.717, 1.165) is 51.3 Å². The van der Waals surface area contributed by atoms with Gasteiger partial charge in [0.1, 0.15) is 0 Å². The van der Waals surface area contributed by atoms with Crippen LogP contribution in [-0.4, -0.2) is 56.8 Å². The summed E-state index contributed by atoms with van der Waals surface area (Å²) in [5.41, 5.74) is 2.37. The Kier molecular flexibility index (Phi) is 6.73. The molecule has 2 aliphatic heterocycles. The number of hydrogen-bond acceptors (Lipinski definition) is 5. The molecular formula is C22H33N5O. The van der Waals surface area contributed by atoms with Crippen LogP contribution in [0.5, 0.6) is 0 Å². The standard InChI is InChI=1S/C22H33N5O/c1-2-26-14-7-9-20(26)17-25(16-19-8-3-5-12-23-19)18-21-11-13-24-27(21)22-10-4-6-15-28-22/h3,5,8,11-13,20,22H,2,4,6-7,9-10,14-18H2,1H3/t20-,22+/m1/s1. The van der Waals surface area contributed by atoms with Gasteiger partial charge < -0.3 is 4.74 Å². The number of ether oxygens (including phenoxy) is 1. The first kappa shape index (κ1) is 19.6. The Labute approximate surface area is 168 Å². The predicted molar refractivity (Wildman–Crippen MR) is 110 cm³/mol. The van der Waals surface area contributed by atoms with E-state index in [0.29, 0.717) is 6.04 Å². The van der Waals surface area contributed by atoms with Crippen LogP contribution in [0.15, 0.2) is 36.7 Å². The topological polar surface area (TPSA) is 46.4 Å². The smallest absolute Gasteiger partial charge is 0.150 e. The Morgan fingerprint density at radius 3 is 2.86 bits per heavy atom. The average molecular weight is 384 g/mol. The molecule has 4 rings (SSSR count). The molecule has 0 saturated carbocycles. The van der Waals surface area contributed by atoms with E-state index < -0.39 is 0 Å². The molecule has 28 heavy (non-hydrogen) atoms. The Bertz CT molecular complexity index is 713. The van der Waals surface area contributed by atoms with Crippen LogP contribution in [0.4, 0.5) is 0 Å². The molecule has 2 aliphatic rings. The maximum Gasteiger partial charge on any atom is 0.150 e. The Morgan fingerprint density at radius 2 is 2.07 bits per heavy atom. The summed E-state index contributed by atoms with van der Waals surface area (Å²) < 4.78 is 8.10. The molecular weight excluding hydrogens is 350 g/mol. The zero-order valence-corrected chi connectivity index (χ0v) is 17.0. The molecule has 2 fully saturated rings. The van der Waals surface area contributed by atoms with Crippen LogP contribution in [0.25, 0.3) is 0 Å². The Hall–Kier alpha value is -1.76. The van der Waals surface area contributed by atoms with Gasteiger partial charge in [0.25, 0.3) is 0 Å². The number of pyridine rings is 1. The van der Waals surface area contributed by atoms with Crippen molar-refractivity contribution in [3.05, 3.63) is 48.0 Å². The third-order valence-corrected chi connectivity index (χ3v) is 6.05. The van der Waals surface area contributed by atoms with Crippen molar-refractivity contribution in [3.63, 3.8) is 0 Å². The van der Waals surface area contributed by atoms with Crippen LogP contribution in [0, 0.1) is 0 Å². The lowest BCUT2D eigenvalue weighted by Gasteiger charge is -2.31. The zero-order valence-electron chi connectivity index (χ0n) is 17.0. The maximum absolute atomic E-state index is 5.99. The summed E-state index contributed by atoms with van der Waals surface area (Å²) in [6, 6.07) is 8.97. The maximum atomic E-state index is 5.99.